The summed E-state index contributed by atoms with van der Waals surface area (Å²) in [5.74, 6) is 0.234. The Morgan fingerprint density at radius 3 is 2.32 bits per heavy atom. The number of Topliss-reactive ketones (excluding diaryl/α,β-unsaturated/α-hetero) is 1. The highest BCUT2D eigenvalue weighted by atomic mass is 35.5. The lowest BCUT2D eigenvalue weighted by atomic mass is 10.1. The van der Waals surface area contributed by atoms with Gasteiger partial charge in [-0.15, -0.1) is 11.8 Å². The third kappa shape index (κ3) is 4.69. The van der Waals surface area contributed by atoms with Gasteiger partial charge in [-0.1, -0.05) is 23.7 Å². The van der Waals surface area contributed by atoms with Crippen molar-refractivity contribution in [3.63, 3.8) is 0 Å². The first-order valence-electron chi connectivity index (χ1n) is 5.78. The maximum atomic E-state index is 12.7. The van der Waals surface area contributed by atoms with Crippen LogP contribution in [-0.4, -0.2) is 11.5 Å². The Bertz CT molecular complexity index is 551. The Labute approximate surface area is 120 Å². The number of benzene rings is 2. The first-order valence-corrected chi connectivity index (χ1v) is 7.14. The second kappa shape index (κ2) is 6.73. The molecule has 19 heavy (non-hydrogen) atoms. The molecule has 0 fully saturated rings. The standard InChI is InChI=1S/C15H12ClFOS/c16-12-3-7-15(8-4-12)19-10-14(18)9-11-1-5-13(17)6-2-11/h1-8H,9-10H2. The fourth-order valence-corrected chi connectivity index (χ4v) is 2.46. The Morgan fingerprint density at radius 1 is 1.05 bits per heavy atom. The van der Waals surface area contributed by atoms with Gasteiger partial charge in [0.2, 0.25) is 0 Å². The molecule has 0 unspecified atom stereocenters. The maximum Gasteiger partial charge on any atom is 0.147 e. The van der Waals surface area contributed by atoms with E-state index in [4.69, 9.17) is 11.6 Å². The molecule has 0 amide bonds. The first kappa shape index (κ1) is 14.1. The van der Waals surface area contributed by atoms with Crippen molar-refractivity contribution >= 4 is 29.1 Å². The van der Waals surface area contributed by atoms with Gasteiger partial charge in [0.1, 0.15) is 11.6 Å². The lowest BCUT2D eigenvalue weighted by molar-refractivity contribution is -0.116. The zero-order valence-electron chi connectivity index (χ0n) is 10.1. The van der Waals surface area contributed by atoms with Crippen LogP contribution in [0.4, 0.5) is 4.39 Å². The van der Waals surface area contributed by atoms with E-state index < -0.39 is 0 Å². The molecular weight excluding hydrogens is 283 g/mol. The van der Waals surface area contributed by atoms with Crippen LogP contribution >= 0.6 is 23.4 Å². The molecule has 0 heterocycles. The monoisotopic (exact) mass is 294 g/mol. The lowest BCUT2D eigenvalue weighted by Crippen LogP contribution is -2.05. The minimum Gasteiger partial charge on any atom is -0.298 e. The number of rotatable bonds is 5. The van der Waals surface area contributed by atoms with Crippen LogP contribution in [-0.2, 0) is 11.2 Å². The zero-order chi connectivity index (χ0) is 13.7. The van der Waals surface area contributed by atoms with Gasteiger partial charge in [-0.05, 0) is 42.0 Å². The molecule has 0 spiro atoms. The number of hydrogen-bond donors (Lipinski definition) is 0. The van der Waals surface area contributed by atoms with Crippen molar-refractivity contribution < 1.29 is 9.18 Å². The van der Waals surface area contributed by atoms with Crippen LogP contribution in [0.2, 0.25) is 5.02 Å². The molecule has 0 bridgehead atoms. The fourth-order valence-electron chi connectivity index (χ4n) is 1.58. The molecule has 0 saturated carbocycles. The number of ketones is 1. The average molecular weight is 295 g/mol. The molecule has 0 aliphatic rings. The van der Waals surface area contributed by atoms with Crippen molar-refractivity contribution in [2.24, 2.45) is 0 Å². The Balaban J connectivity index is 1.84. The molecule has 0 radical (unpaired) electrons. The topological polar surface area (TPSA) is 17.1 Å². The van der Waals surface area contributed by atoms with Crippen LogP contribution in [0.5, 0.6) is 0 Å². The van der Waals surface area contributed by atoms with E-state index in [0.717, 1.165) is 10.5 Å². The van der Waals surface area contributed by atoms with E-state index in [0.29, 0.717) is 17.2 Å². The second-order valence-electron chi connectivity index (χ2n) is 4.08. The van der Waals surface area contributed by atoms with E-state index in [1.807, 2.05) is 12.1 Å². The minimum absolute atomic E-state index is 0.117. The van der Waals surface area contributed by atoms with Crippen molar-refractivity contribution in [3.05, 3.63) is 64.9 Å². The van der Waals surface area contributed by atoms with Crippen molar-refractivity contribution in [2.45, 2.75) is 11.3 Å². The molecule has 1 nitrogen and oxygen atoms in total. The summed E-state index contributed by atoms with van der Waals surface area (Å²) < 4.78 is 12.7. The molecule has 0 aliphatic carbocycles. The third-order valence-corrected chi connectivity index (χ3v) is 3.85. The summed E-state index contributed by atoms with van der Waals surface area (Å²) in [6, 6.07) is 13.4. The van der Waals surface area contributed by atoms with Gasteiger partial charge >= 0.3 is 0 Å². The molecular formula is C15H12ClFOS. The smallest absolute Gasteiger partial charge is 0.147 e. The van der Waals surface area contributed by atoms with Crippen LogP contribution in [0.1, 0.15) is 5.56 Å². The molecule has 0 aromatic heterocycles. The summed E-state index contributed by atoms with van der Waals surface area (Å²) in [6.45, 7) is 0. The van der Waals surface area contributed by atoms with Crippen molar-refractivity contribution in [2.75, 3.05) is 5.75 Å². The van der Waals surface area contributed by atoms with Gasteiger partial charge in [-0.2, -0.15) is 0 Å². The molecule has 0 aliphatic heterocycles. The van der Waals surface area contributed by atoms with E-state index in [2.05, 4.69) is 0 Å². The predicted octanol–water partition coefficient (Wildman–Crippen LogP) is 4.38. The van der Waals surface area contributed by atoms with Crippen molar-refractivity contribution in [1.82, 2.24) is 0 Å². The number of hydrogen-bond acceptors (Lipinski definition) is 2. The average Bonchev–Trinajstić information content (AvgIpc) is 2.41. The normalized spacial score (nSPS) is 10.4. The van der Waals surface area contributed by atoms with Crippen LogP contribution in [0.15, 0.2) is 53.4 Å². The highest BCUT2D eigenvalue weighted by Crippen LogP contribution is 2.20. The van der Waals surface area contributed by atoms with E-state index >= 15 is 0 Å². The van der Waals surface area contributed by atoms with Gasteiger partial charge in [0.25, 0.3) is 0 Å². The van der Waals surface area contributed by atoms with E-state index in [1.165, 1.54) is 23.9 Å². The van der Waals surface area contributed by atoms with Crippen LogP contribution in [0.25, 0.3) is 0 Å². The second-order valence-corrected chi connectivity index (χ2v) is 5.57. The number of halogens is 2. The van der Waals surface area contributed by atoms with Crippen LogP contribution in [0, 0.1) is 5.82 Å². The van der Waals surface area contributed by atoms with Crippen LogP contribution in [0.3, 0.4) is 0 Å². The quantitative estimate of drug-likeness (QED) is 0.761. The maximum absolute atomic E-state index is 12.7. The van der Waals surface area contributed by atoms with Gasteiger partial charge < -0.3 is 0 Å². The Morgan fingerprint density at radius 2 is 1.68 bits per heavy atom. The van der Waals surface area contributed by atoms with Gasteiger partial charge in [-0.25, -0.2) is 4.39 Å². The number of carbonyl (C=O) groups excluding carboxylic acids is 1. The van der Waals surface area contributed by atoms with Gasteiger partial charge in [0.15, 0.2) is 0 Å². The highest BCUT2D eigenvalue weighted by molar-refractivity contribution is 8.00. The molecule has 2 rings (SSSR count). The zero-order valence-corrected chi connectivity index (χ0v) is 11.7. The largest absolute Gasteiger partial charge is 0.298 e. The minimum atomic E-state index is -0.285. The Kier molecular flexibility index (Phi) is 5.00. The number of thioether (sulfide) groups is 1. The van der Waals surface area contributed by atoms with Crippen molar-refractivity contribution in [1.29, 1.82) is 0 Å². The summed E-state index contributed by atoms with van der Waals surface area (Å²) >= 11 is 7.27. The van der Waals surface area contributed by atoms with Gasteiger partial charge in [0.05, 0.1) is 5.75 Å². The van der Waals surface area contributed by atoms with E-state index in [1.54, 1.807) is 24.3 Å². The molecule has 2 aromatic carbocycles. The third-order valence-electron chi connectivity index (χ3n) is 2.53. The first-order chi connectivity index (χ1) is 9.13. The van der Waals surface area contributed by atoms with Crippen LogP contribution < -0.4 is 0 Å². The number of carbonyl (C=O) groups is 1. The van der Waals surface area contributed by atoms with Gasteiger partial charge in [-0.3, -0.25) is 4.79 Å². The van der Waals surface area contributed by atoms with E-state index in [-0.39, 0.29) is 11.6 Å². The van der Waals surface area contributed by atoms with E-state index in [9.17, 15) is 9.18 Å². The predicted molar refractivity (Wildman–Crippen MR) is 77.3 cm³/mol. The molecule has 98 valence electrons. The summed E-state index contributed by atoms with van der Waals surface area (Å²) in [7, 11) is 0. The van der Waals surface area contributed by atoms with Crippen molar-refractivity contribution in [3.8, 4) is 0 Å². The molecule has 0 saturated heterocycles. The Hall–Kier alpha value is -1.32. The SMILES string of the molecule is O=C(CSc1ccc(Cl)cc1)Cc1ccc(F)cc1. The lowest BCUT2D eigenvalue weighted by Gasteiger charge is -2.02. The molecule has 0 N–H and O–H groups in total. The molecule has 4 heteroatoms. The highest BCUT2D eigenvalue weighted by Gasteiger charge is 2.05. The fraction of sp³-hybridized carbons (Fsp3) is 0.133. The summed E-state index contributed by atoms with van der Waals surface area (Å²) in [5.41, 5.74) is 0.836. The summed E-state index contributed by atoms with van der Waals surface area (Å²) in [5, 5.41) is 0.682. The van der Waals surface area contributed by atoms with Gasteiger partial charge in [0, 0.05) is 16.3 Å². The molecule has 0 atom stereocenters. The summed E-state index contributed by atoms with van der Waals surface area (Å²) in [6.07, 6.45) is 0.334. The summed E-state index contributed by atoms with van der Waals surface area (Å²) in [4.78, 5) is 12.8. The molecule has 2 aromatic rings.